The number of ether oxygens (including phenoxy) is 1. The Morgan fingerprint density at radius 3 is 2.72 bits per heavy atom. The van der Waals surface area contributed by atoms with E-state index in [0.29, 0.717) is 11.7 Å². The SMILES string of the molecule is O=C(CSc1nnc(-c2ccncc2)n1C[C@H]1CCCO1)Nc1ccc(Br)cc1. The Kier molecular flexibility index (Phi) is 6.58. The summed E-state index contributed by atoms with van der Waals surface area (Å²) in [6.45, 7) is 1.46. The molecule has 4 rings (SSSR count). The zero-order valence-corrected chi connectivity index (χ0v) is 18.0. The minimum atomic E-state index is -0.0885. The number of nitrogens with one attached hydrogen (secondary N) is 1. The molecule has 3 heterocycles. The van der Waals surface area contributed by atoms with Crippen molar-refractivity contribution >= 4 is 39.3 Å². The first-order chi connectivity index (χ1) is 14.2. The molecule has 1 amide bonds. The average Bonchev–Trinajstić information content (AvgIpc) is 3.39. The van der Waals surface area contributed by atoms with Crippen LogP contribution in [0.4, 0.5) is 5.69 Å². The van der Waals surface area contributed by atoms with E-state index in [9.17, 15) is 4.79 Å². The summed E-state index contributed by atoms with van der Waals surface area (Å²) < 4.78 is 8.82. The van der Waals surface area contributed by atoms with Crippen molar-refractivity contribution in [2.75, 3.05) is 17.7 Å². The number of carbonyl (C=O) groups is 1. The fourth-order valence-electron chi connectivity index (χ4n) is 3.13. The lowest BCUT2D eigenvalue weighted by Gasteiger charge is -2.14. The Bertz CT molecular complexity index is 959. The number of thioether (sulfide) groups is 1. The Labute approximate surface area is 181 Å². The standard InChI is InChI=1S/C20H20BrN5O2S/c21-15-3-5-16(6-4-15)23-18(27)13-29-20-25-24-19(14-7-9-22-10-8-14)26(20)12-17-2-1-11-28-17/h3-10,17H,1-2,11-13H2,(H,23,27)/t17-/m1/s1. The van der Waals surface area contributed by atoms with Crippen molar-refractivity contribution < 1.29 is 9.53 Å². The predicted octanol–water partition coefficient (Wildman–Crippen LogP) is 4.01. The Morgan fingerprint density at radius 1 is 1.21 bits per heavy atom. The number of rotatable bonds is 7. The van der Waals surface area contributed by atoms with Gasteiger partial charge in [-0.15, -0.1) is 10.2 Å². The number of aromatic nitrogens is 4. The molecular weight excluding hydrogens is 454 g/mol. The van der Waals surface area contributed by atoms with Crippen LogP contribution < -0.4 is 5.32 Å². The molecule has 3 aromatic rings. The minimum absolute atomic E-state index is 0.0885. The van der Waals surface area contributed by atoms with E-state index in [1.807, 2.05) is 41.0 Å². The van der Waals surface area contributed by atoms with Crippen molar-refractivity contribution in [2.45, 2.75) is 30.6 Å². The van der Waals surface area contributed by atoms with Gasteiger partial charge in [0.15, 0.2) is 11.0 Å². The normalized spacial score (nSPS) is 16.1. The van der Waals surface area contributed by atoms with E-state index in [1.54, 1.807) is 12.4 Å². The molecule has 0 aliphatic carbocycles. The van der Waals surface area contributed by atoms with Gasteiger partial charge in [0.1, 0.15) is 0 Å². The van der Waals surface area contributed by atoms with Gasteiger partial charge in [-0.05, 0) is 49.2 Å². The maximum Gasteiger partial charge on any atom is 0.234 e. The Balaban J connectivity index is 1.47. The highest BCUT2D eigenvalue weighted by atomic mass is 79.9. The van der Waals surface area contributed by atoms with E-state index < -0.39 is 0 Å². The van der Waals surface area contributed by atoms with E-state index in [1.165, 1.54) is 11.8 Å². The highest BCUT2D eigenvalue weighted by Gasteiger charge is 2.22. The quantitative estimate of drug-likeness (QED) is 0.521. The molecule has 1 N–H and O–H groups in total. The zero-order chi connectivity index (χ0) is 20.1. The molecule has 1 fully saturated rings. The van der Waals surface area contributed by atoms with Crippen LogP contribution in [-0.2, 0) is 16.1 Å². The lowest BCUT2D eigenvalue weighted by atomic mass is 10.2. The van der Waals surface area contributed by atoms with Crippen molar-refractivity contribution in [3.63, 3.8) is 0 Å². The molecule has 0 spiro atoms. The summed E-state index contributed by atoms with van der Waals surface area (Å²) in [5.74, 6) is 0.920. The third-order valence-electron chi connectivity index (χ3n) is 4.53. The highest BCUT2D eigenvalue weighted by Crippen LogP contribution is 2.26. The second-order valence-corrected chi connectivity index (χ2v) is 8.49. The summed E-state index contributed by atoms with van der Waals surface area (Å²) in [6.07, 6.45) is 5.69. The van der Waals surface area contributed by atoms with Crippen molar-refractivity contribution in [2.24, 2.45) is 0 Å². The molecule has 2 aromatic heterocycles. The van der Waals surface area contributed by atoms with E-state index in [0.717, 1.165) is 41.0 Å². The topological polar surface area (TPSA) is 81.9 Å². The third kappa shape index (κ3) is 5.23. The van der Waals surface area contributed by atoms with Crippen LogP contribution in [0.3, 0.4) is 0 Å². The van der Waals surface area contributed by atoms with Gasteiger partial charge in [0.2, 0.25) is 5.91 Å². The smallest absolute Gasteiger partial charge is 0.234 e. The maximum atomic E-state index is 12.4. The van der Waals surface area contributed by atoms with Crippen LogP contribution in [0.25, 0.3) is 11.4 Å². The Hall–Kier alpha value is -2.23. The fourth-order valence-corrected chi connectivity index (χ4v) is 4.14. The zero-order valence-electron chi connectivity index (χ0n) is 15.6. The largest absolute Gasteiger partial charge is 0.376 e. The number of benzene rings is 1. The summed E-state index contributed by atoms with van der Waals surface area (Å²) in [5, 5.41) is 12.3. The third-order valence-corrected chi connectivity index (χ3v) is 6.02. The summed E-state index contributed by atoms with van der Waals surface area (Å²) in [4.78, 5) is 16.4. The number of amides is 1. The summed E-state index contributed by atoms with van der Waals surface area (Å²) in [7, 11) is 0. The number of pyridine rings is 1. The van der Waals surface area contributed by atoms with E-state index in [2.05, 4.69) is 36.4 Å². The number of halogens is 1. The van der Waals surface area contributed by atoms with Crippen LogP contribution in [0, 0.1) is 0 Å². The van der Waals surface area contributed by atoms with Crippen LogP contribution >= 0.6 is 27.7 Å². The second-order valence-electron chi connectivity index (χ2n) is 6.63. The summed E-state index contributed by atoms with van der Waals surface area (Å²) in [6, 6.07) is 11.3. The Morgan fingerprint density at radius 2 is 2.00 bits per heavy atom. The molecule has 1 aliphatic heterocycles. The lowest BCUT2D eigenvalue weighted by molar-refractivity contribution is -0.113. The molecule has 1 aliphatic rings. The van der Waals surface area contributed by atoms with Crippen molar-refractivity contribution in [3.05, 3.63) is 53.3 Å². The van der Waals surface area contributed by atoms with Crippen LogP contribution in [0.2, 0.25) is 0 Å². The average molecular weight is 474 g/mol. The van der Waals surface area contributed by atoms with Crippen LogP contribution in [0.15, 0.2) is 58.4 Å². The van der Waals surface area contributed by atoms with Gasteiger partial charge in [-0.2, -0.15) is 0 Å². The molecule has 9 heteroatoms. The molecule has 0 unspecified atom stereocenters. The van der Waals surface area contributed by atoms with Crippen LogP contribution in [0.1, 0.15) is 12.8 Å². The fraction of sp³-hybridized carbons (Fsp3) is 0.300. The molecule has 150 valence electrons. The molecule has 0 saturated carbocycles. The van der Waals surface area contributed by atoms with Crippen LogP contribution in [-0.4, -0.2) is 44.1 Å². The van der Waals surface area contributed by atoms with Gasteiger partial charge in [-0.25, -0.2) is 0 Å². The summed E-state index contributed by atoms with van der Waals surface area (Å²) in [5.41, 5.74) is 1.70. The molecule has 1 atom stereocenters. The molecule has 29 heavy (non-hydrogen) atoms. The monoisotopic (exact) mass is 473 g/mol. The van der Waals surface area contributed by atoms with E-state index >= 15 is 0 Å². The van der Waals surface area contributed by atoms with Crippen LogP contribution in [0.5, 0.6) is 0 Å². The number of hydrogen-bond donors (Lipinski definition) is 1. The minimum Gasteiger partial charge on any atom is -0.376 e. The molecule has 7 nitrogen and oxygen atoms in total. The van der Waals surface area contributed by atoms with E-state index in [4.69, 9.17) is 4.74 Å². The first kappa shape index (κ1) is 20.1. The van der Waals surface area contributed by atoms with Gasteiger partial charge in [0.05, 0.1) is 18.4 Å². The van der Waals surface area contributed by atoms with E-state index in [-0.39, 0.29) is 17.8 Å². The molecule has 1 aromatic carbocycles. The van der Waals surface area contributed by atoms with Crippen molar-refractivity contribution in [1.29, 1.82) is 0 Å². The van der Waals surface area contributed by atoms with Gasteiger partial charge >= 0.3 is 0 Å². The van der Waals surface area contributed by atoms with Gasteiger partial charge < -0.3 is 10.1 Å². The number of anilines is 1. The second kappa shape index (κ2) is 9.51. The maximum absolute atomic E-state index is 12.4. The van der Waals surface area contributed by atoms with Gasteiger partial charge in [-0.1, -0.05) is 27.7 Å². The van der Waals surface area contributed by atoms with Gasteiger partial charge in [0, 0.05) is 34.7 Å². The van der Waals surface area contributed by atoms with Crippen molar-refractivity contribution in [1.82, 2.24) is 19.7 Å². The number of nitrogens with zero attached hydrogens (tertiary/aromatic N) is 4. The van der Waals surface area contributed by atoms with Gasteiger partial charge in [-0.3, -0.25) is 14.3 Å². The highest BCUT2D eigenvalue weighted by molar-refractivity contribution is 9.10. The lowest BCUT2D eigenvalue weighted by Crippen LogP contribution is -2.18. The predicted molar refractivity (Wildman–Crippen MR) is 116 cm³/mol. The van der Waals surface area contributed by atoms with Gasteiger partial charge in [0.25, 0.3) is 0 Å². The molecule has 0 radical (unpaired) electrons. The number of carbonyl (C=O) groups excluding carboxylic acids is 1. The first-order valence-corrected chi connectivity index (χ1v) is 11.1. The molecule has 0 bridgehead atoms. The molecular formula is C20H20BrN5O2S. The first-order valence-electron chi connectivity index (χ1n) is 9.32. The van der Waals surface area contributed by atoms with Crippen molar-refractivity contribution in [3.8, 4) is 11.4 Å². The summed E-state index contributed by atoms with van der Waals surface area (Å²) >= 11 is 4.76. The molecule has 1 saturated heterocycles. The number of hydrogen-bond acceptors (Lipinski definition) is 6.